The van der Waals surface area contributed by atoms with E-state index in [4.69, 9.17) is 10.4 Å². The van der Waals surface area contributed by atoms with Gasteiger partial charge in [0, 0.05) is 12.6 Å². The molecule has 2 unspecified atom stereocenters. The highest BCUT2D eigenvalue weighted by Crippen LogP contribution is 2.27. The molecular weight excluding hydrogens is 287 g/mol. The summed E-state index contributed by atoms with van der Waals surface area (Å²) >= 11 is 3.05. The van der Waals surface area contributed by atoms with Crippen LogP contribution in [0.5, 0.6) is 0 Å². The minimum Gasteiger partial charge on any atom is -0.396 e. The van der Waals surface area contributed by atoms with Crippen molar-refractivity contribution in [2.45, 2.75) is 19.9 Å². The Balaban J connectivity index is 2.94. The Kier molecular flexibility index (Phi) is 4.91. The second-order valence-electron chi connectivity index (χ2n) is 3.99. The van der Waals surface area contributed by atoms with Gasteiger partial charge in [0.05, 0.1) is 15.7 Å². The SMILES string of the molecule is CC(CO)C(C)Nc1ccc(C#N)c(Br)c1F. The van der Waals surface area contributed by atoms with Crippen LogP contribution in [0.25, 0.3) is 0 Å². The Morgan fingerprint density at radius 1 is 1.53 bits per heavy atom. The van der Waals surface area contributed by atoms with E-state index >= 15 is 0 Å². The van der Waals surface area contributed by atoms with Gasteiger partial charge in [0.2, 0.25) is 0 Å². The molecular formula is C12H14BrFN2O. The molecule has 1 rings (SSSR count). The van der Waals surface area contributed by atoms with E-state index in [-0.39, 0.29) is 28.6 Å². The van der Waals surface area contributed by atoms with Gasteiger partial charge in [0.15, 0.2) is 5.82 Å². The predicted octanol–water partition coefficient (Wildman–Crippen LogP) is 2.89. The Morgan fingerprint density at radius 2 is 2.18 bits per heavy atom. The van der Waals surface area contributed by atoms with Gasteiger partial charge in [-0.15, -0.1) is 0 Å². The van der Waals surface area contributed by atoms with E-state index < -0.39 is 5.82 Å². The van der Waals surface area contributed by atoms with Crippen LogP contribution >= 0.6 is 15.9 Å². The first-order chi connectivity index (χ1) is 8.01. The van der Waals surface area contributed by atoms with Gasteiger partial charge < -0.3 is 10.4 Å². The molecule has 0 aromatic heterocycles. The van der Waals surface area contributed by atoms with Crippen molar-refractivity contribution in [2.24, 2.45) is 5.92 Å². The third-order valence-electron chi connectivity index (χ3n) is 2.73. The average molecular weight is 301 g/mol. The van der Waals surface area contributed by atoms with Gasteiger partial charge in [-0.25, -0.2) is 4.39 Å². The van der Waals surface area contributed by atoms with Crippen molar-refractivity contribution in [3.63, 3.8) is 0 Å². The van der Waals surface area contributed by atoms with Crippen molar-refractivity contribution in [1.82, 2.24) is 0 Å². The number of anilines is 1. The van der Waals surface area contributed by atoms with Gasteiger partial charge in [-0.2, -0.15) is 5.26 Å². The Morgan fingerprint density at radius 3 is 2.71 bits per heavy atom. The standard InChI is InChI=1S/C12H14BrFN2O/c1-7(6-17)8(2)16-10-4-3-9(5-15)11(13)12(10)14/h3-4,7-8,16-17H,6H2,1-2H3. The lowest BCUT2D eigenvalue weighted by molar-refractivity contribution is 0.226. The molecule has 17 heavy (non-hydrogen) atoms. The fraction of sp³-hybridized carbons (Fsp3) is 0.417. The summed E-state index contributed by atoms with van der Waals surface area (Å²) in [5.41, 5.74) is 0.583. The van der Waals surface area contributed by atoms with E-state index in [9.17, 15) is 4.39 Å². The number of hydrogen-bond donors (Lipinski definition) is 2. The van der Waals surface area contributed by atoms with Crippen LogP contribution in [0, 0.1) is 23.1 Å². The molecule has 0 bridgehead atoms. The molecule has 0 fully saturated rings. The number of nitrogens with one attached hydrogen (secondary N) is 1. The topological polar surface area (TPSA) is 56.0 Å². The monoisotopic (exact) mass is 300 g/mol. The third kappa shape index (κ3) is 3.18. The van der Waals surface area contributed by atoms with Crippen molar-refractivity contribution < 1.29 is 9.50 Å². The van der Waals surface area contributed by atoms with E-state index in [2.05, 4.69) is 21.2 Å². The number of rotatable bonds is 4. The molecule has 0 amide bonds. The van der Waals surface area contributed by atoms with Gasteiger partial charge in [-0.3, -0.25) is 0 Å². The van der Waals surface area contributed by atoms with Crippen LogP contribution < -0.4 is 5.32 Å². The Bertz CT molecular complexity index is 445. The molecule has 3 nitrogen and oxygen atoms in total. The number of nitriles is 1. The molecule has 0 radical (unpaired) electrons. The number of hydrogen-bond acceptors (Lipinski definition) is 3. The van der Waals surface area contributed by atoms with Crippen molar-refractivity contribution in [3.05, 3.63) is 28.0 Å². The fourth-order valence-electron chi connectivity index (χ4n) is 1.29. The molecule has 2 atom stereocenters. The van der Waals surface area contributed by atoms with Gasteiger partial charge in [0.25, 0.3) is 0 Å². The van der Waals surface area contributed by atoms with Crippen molar-refractivity contribution in [1.29, 1.82) is 5.26 Å². The van der Waals surface area contributed by atoms with Crippen LogP contribution in [-0.2, 0) is 0 Å². The zero-order valence-electron chi connectivity index (χ0n) is 9.67. The number of halogens is 2. The summed E-state index contributed by atoms with van der Waals surface area (Å²) in [5, 5.41) is 20.7. The van der Waals surface area contributed by atoms with E-state index in [0.717, 1.165) is 0 Å². The lowest BCUT2D eigenvalue weighted by Crippen LogP contribution is -2.26. The molecule has 5 heteroatoms. The van der Waals surface area contributed by atoms with Crippen LogP contribution in [0.1, 0.15) is 19.4 Å². The molecule has 0 aliphatic carbocycles. The van der Waals surface area contributed by atoms with Crippen LogP contribution in [-0.4, -0.2) is 17.8 Å². The first-order valence-corrected chi connectivity index (χ1v) is 6.06. The van der Waals surface area contributed by atoms with E-state index in [0.29, 0.717) is 5.69 Å². The molecule has 1 aromatic rings. The fourth-order valence-corrected chi connectivity index (χ4v) is 1.73. The highest BCUT2D eigenvalue weighted by atomic mass is 79.9. The molecule has 0 aliphatic rings. The molecule has 0 heterocycles. The van der Waals surface area contributed by atoms with Crippen LogP contribution in [0.15, 0.2) is 16.6 Å². The quantitative estimate of drug-likeness (QED) is 0.899. The lowest BCUT2D eigenvalue weighted by Gasteiger charge is -2.21. The highest BCUT2D eigenvalue weighted by molar-refractivity contribution is 9.10. The smallest absolute Gasteiger partial charge is 0.161 e. The summed E-state index contributed by atoms with van der Waals surface area (Å²) in [6.07, 6.45) is 0. The Labute approximate surface area is 108 Å². The molecule has 0 saturated heterocycles. The average Bonchev–Trinajstić information content (AvgIpc) is 2.34. The Hall–Kier alpha value is -1.12. The van der Waals surface area contributed by atoms with Crippen molar-refractivity contribution >= 4 is 21.6 Å². The first kappa shape index (κ1) is 13.9. The van der Waals surface area contributed by atoms with Crippen LogP contribution in [0.3, 0.4) is 0 Å². The minimum atomic E-state index is -0.485. The largest absolute Gasteiger partial charge is 0.396 e. The molecule has 0 saturated carbocycles. The molecule has 1 aromatic carbocycles. The van der Waals surface area contributed by atoms with E-state index in [1.165, 1.54) is 6.07 Å². The number of aliphatic hydroxyl groups is 1. The van der Waals surface area contributed by atoms with Crippen LogP contribution in [0.2, 0.25) is 0 Å². The zero-order chi connectivity index (χ0) is 13.0. The summed E-state index contributed by atoms with van der Waals surface area (Å²) in [5.74, 6) is -0.468. The van der Waals surface area contributed by atoms with Gasteiger partial charge in [-0.05, 0) is 40.9 Å². The second-order valence-corrected chi connectivity index (χ2v) is 4.79. The third-order valence-corrected chi connectivity index (χ3v) is 3.50. The maximum absolute atomic E-state index is 13.9. The van der Waals surface area contributed by atoms with Crippen molar-refractivity contribution in [2.75, 3.05) is 11.9 Å². The minimum absolute atomic E-state index is 0.0174. The highest BCUT2D eigenvalue weighted by Gasteiger charge is 2.15. The van der Waals surface area contributed by atoms with Crippen LogP contribution in [0.4, 0.5) is 10.1 Å². The molecule has 0 aliphatic heterocycles. The molecule has 2 N–H and O–H groups in total. The summed E-state index contributed by atoms with van der Waals surface area (Å²) in [6.45, 7) is 3.77. The predicted molar refractivity (Wildman–Crippen MR) is 68.1 cm³/mol. The normalized spacial score (nSPS) is 13.9. The van der Waals surface area contributed by atoms with Crippen molar-refractivity contribution in [3.8, 4) is 6.07 Å². The summed E-state index contributed by atoms with van der Waals surface area (Å²) in [6, 6.07) is 4.91. The zero-order valence-corrected chi connectivity index (χ0v) is 11.3. The molecule has 0 spiro atoms. The second kappa shape index (κ2) is 5.99. The summed E-state index contributed by atoms with van der Waals surface area (Å²) < 4.78 is 14.0. The van der Waals surface area contributed by atoms with Gasteiger partial charge >= 0.3 is 0 Å². The van der Waals surface area contributed by atoms with Gasteiger partial charge in [0.1, 0.15) is 6.07 Å². The number of aliphatic hydroxyl groups excluding tert-OH is 1. The van der Waals surface area contributed by atoms with E-state index in [1.807, 2.05) is 19.9 Å². The lowest BCUT2D eigenvalue weighted by atomic mass is 10.0. The summed E-state index contributed by atoms with van der Waals surface area (Å²) in [7, 11) is 0. The molecule has 92 valence electrons. The van der Waals surface area contributed by atoms with E-state index in [1.54, 1.807) is 6.07 Å². The first-order valence-electron chi connectivity index (χ1n) is 5.26. The maximum Gasteiger partial charge on any atom is 0.161 e. The number of nitrogens with zero attached hydrogens (tertiary/aromatic N) is 1. The number of benzene rings is 1. The maximum atomic E-state index is 13.9. The summed E-state index contributed by atoms with van der Waals surface area (Å²) in [4.78, 5) is 0. The van der Waals surface area contributed by atoms with Gasteiger partial charge in [-0.1, -0.05) is 6.92 Å².